The zero-order valence-corrected chi connectivity index (χ0v) is 18.5. The lowest BCUT2D eigenvalue weighted by molar-refractivity contribution is -0.154. The summed E-state index contributed by atoms with van der Waals surface area (Å²) in [5, 5.41) is 15.8. The summed E-state index contributed by atoms with van der Waals surface area (Å²) in [6, 6.07) is -0.303. The number of carbonyl (C=O) groups excluding carboxylic acids is 1. The zero-order valence-electron chi connectivity index (χ0n) is 18.5. The zero-order chi connectivity index (χ0) is 23.6. The number of hydrogen-bond donors (Lipinski definition) is 3. The number of carboxylic acid groups (broad SMARTS) is 1. The first-order chi connectivity index (χ1) is 15.0. The van der Waals surface area contributed by atoms with Crippen LogP contribution in [-0.4, -0.2) is 78.6 Å². The fourth-order valence-electron chi connectivity index (χ4n) is 3.96. The second-order valence-corrected chi connectivity index (χ2v) is 8.33. The molecule has 3 atom stereocenters. The van der Waals surface area contributed by atoms with Gasteiger partial charge in [0.2, 0.25) is 0 Å². The molecule has 0 saturated heterocycles. The van der Waals surface area contributed by atoms with Crippen molar-refractivity contribution in [2.45, 2.75) is 38.5 Å². The summed E-state index contributed by atoms with van der Waals surface area (Å²) in [5.74, 6) is -6.25. The van der Waals surface area contributed by atoms with Gasteiger partial charge in [-0.25, -0.2) is 4.99 Å². The molecule has 9 nitrogen and oxygen atoms in total. The Bertz CT molecular complexity index is 883. The Hall–Kier alpha value is -2.95. The maximum absolute atomic E-state index is 14.5. The highest BCUT2D eigenvalue weighted by Crippen LogP contribution is 2.30. The highest BCUT2D eigenvalue weighted by molar-refractivity contribution is 5.93. The number of nitrogens with one attached hydrogen (secondary N) is 2. The Balaban J connectivity index is 1.84. The molecule has 3 aliphatic rings. The number of methoxy groups -OCH3 is 1. The molecule has 0 saturated carbocycles. The number of carboxylic acids is 1. The maximum Gasteiger partial charge on any atom is 0.342 e. The summed E-state index contributed by atoms with van der Waals surface area (Å²) in [6.45, 7) is 3.09. The molecule has 32 heavy (non-hydrogen) atoms. The van der Waals surface area contributed by atoms with Crippen LogP contribution in [0.2, 0.25) is 0 Å². The lowest BCUT2D eigenvalue weighted by Crippen LogP contribution is -2.51. The molecule has 176 valence electrons. The Labute approximate surface area is 185 Å². The fraction of sp³-hybridized carbons (Fsp3) is 0.571. The minimum Gasteiger partial charge on any atom is -0.481 e. The van der Waals surface area contributed by atoms with Crippen LogP contribution >= 0.6 is 0 Å². The lowest BCUT2D eigenvalue weighted by atomic mass is 9.94. The van der Waals surface area contributed by atoms with Crippen LogP contribution in [-0.2, 0) is 14.3 Å². The van der Waals surface area contributed by atoms with E-state index in [1.165, 1.54) is 18.2 Å². The van der Waals surface area contributed by atoms with Crippen molar-refractivity contribution in [3.05, 3.63) is 35.4 Å². The summed E-state index contributed by atoms with van der Waals surface area (Å²) in [7, 11) is 2.84. The van der Waals surface area contributed by atoms with E-state index >= 15 is 0 Å². The van der Waals surface area contributed by atoms with Gasteiger partial charge in [0.05, 0.1) is 25.3 Å². The molecule has 0 fully saturated rings. The molecular formula is C21H29F2N5O4. The van der Waals surface area contributed by atoms with Crippen LogP contribution in [0.1, 0.15) is 20.3 Å². The number of nitrogens with zero attached hydrogens (tertiary/aromatic N) is 3. The molecule has 2 unspecified atom stereocenters. The SMILES string of the molecule is COCC1C[C@@H](C(=O)O)C=CC=C1NC1N=CC2=C(N1)N(C(C)C)CC(F)(F)C(=O)N2C. The van der Waals surface area contributed by atoms with Crippen molar-refractivity contribution in [3.8, 4) is 0 Å². The summed E-state index contributed by atoms with van der Waals surface area (Å²) in [6.07, 6.45) is 6.09. The molecule has 11 heteroatoms. The largest absolute Gasteiger partial charge is 0.481 e. The van der Waals surface area contributed by atoms with E-state index in [4.69, 9.17) is 4.74 Å². The first kappa shape index (κ1) is 23.7. The standard InChI is InChI=1S/C21H29F2N5O4/c1-12(2)28-11-21(22,23)19(31)27(3)16-9-24-20(26-17(16)28)25-15-7-5-6-13(18(29)30)8-14(15)10-32-4/h5-7,9,12-14,20,25-26H,8,10-11H2,1-4H3,(H,29,30)/t13-,14?,20?/m0/s1. The van der Waals surface area contributed by atoms with E-state index < -0.39 is 36.6 Å². The number of allylic oxidation sites excluding steroid dienone is 3. The van der Waals surface area contributed by atoms with Crippen LogP contribution < -0.4 is 10.6 Å². The highest BCUT2D eigenvalue weighted by Gasteiger charge is 2.48. The van der Waals surface area contributed by atoms with Crippen molar-refractivity contribution < 1.29 is 28.2 Å². The highest BCUT2D eigenvalue weighted by atomic mass is 19.3. The third-order valence-corrected chi connectivity index (χ3v) is 5.71. The fourth-order valence-corrected chi connectivity index (χ4v) is 3.96. The molecule has 3 N–H and O–H groups in total. The van der Waals surface area contributed by atoms with Crippen LogP contribution in [0, 0.1) is 11.8 Å². The lowest BCUT2D eigenvalue weighted by Gasteiger charge is -2.36. The molecule has 0 bridgehead atoms. The van der Waals surface area contributed by atoms with Crippen LogP contribution in [0.25, 0.3) is 0 Å². The molecule has 0 radical (unpaired) electrons. The van der Waals surface area contributed by atoms with Crippen molar-refractivity contribution in [1.82, 2.24) is 20.4 Å². The van der Waals surface area contributed by atoms with Gasteiger partial charge in [0.1, 0.15) is 11.5 Å². The number of hydrogen-bond acceptors (Lipinski definition) is 7. The summed E-state index contributed by atoms with van der Waals surface area (Å²) >= 11 is 0. The van der Waals surface area contributed by atoms with Gasteiger partial charge >= 0.3 is 11.9 Å². The number of carbonyl (C=O) groups is 2. The minimum absolute atomic E-state index is 0.229. The number of aliphatic imine (C=N–C) groups is 1. The van der Waals surface area contributed by atoms with Gasteiger partial charge in [-0.05, 0) is 26.3 Å². The minimum atomic E-state index is -3.54. The number of aliphatic carboxylic acids is 1. The molecule has 0 aromatic heterocycles. The average Bonchev–Trinajstić information content (AvgIpc) is 2.97. The molecule has 1 amide bonds. The van der Waals surface area contributed by atoms with Gasteiger partial charge in [0.25, 0.3) is 5.91 Å². The number of amides is 1. The summed E-state index contributed by atoms with van der Waals surface area (Å²) < 4.78 is 34.2. The van der Waals surface area contributed by atoms with Gasteiger partial charge < -0.3 is 30.3 Å². The van der Waals surface area contributed by atoms with E-state index in [-0.39, 0.29) is 17.7 Å². The van der Waals surface area contributed by atoms with Crippen LogP contribution in [0.5, 0.6) is 0 Å². The topological polar surface area (TPSA) is 106 Å². The smallest absolute Gasteiger partial charge is 0.342 e. The van der Waals surface area contributed by atoms with Crippen LogP contribution in [0.4, 0.5) is 8.78 Å². The predicted octanol–water partition coefficient (Wildman–Crippen LogP) is 1.33. The van der Waals surface area contributed by atoms with Gasteiger partial charge in [0.15, 0.2) is 6.29 Å². The Morgan fingerprint density at radius 1 is 1.47 bits per heavy atom. The van der Waals surface area contributed by atoms with E-state index in [0.29, 0.717) is 24.5 Å². The van der Waals surface area contributed by atoms with Gasteiger partial charge in [-0.3, -0.25) is 9.59 Å². The number of ether oxygens (including phenoxy) is 1. The number of alkyl halides is 2. The third kappa shape index (κ3) is 4.77. The molecule has 0 aromatic rings. The van der Waals surface area contributed by atoms with Crippen LogP contribution in [0.15, 0.2) is 40.4 Å². The molecular weight excluding hydrogens is 424 g/mol. The molecule has 2 heterocycles. The summed E-state index contributed by atoms with van der Waals surface area (Å²) in [5.41, 5.74) is 0.970. The van der Waals surface area contributed by atoms with Crippen LogP contribution in [0.3, 0.4) is 0 Å². The molecule has 1 aliphatic carbocycles. The Morgan fingerprint density at radius 3 is 2.81 bits per heavy atom. The van der Waals surface area contributed by atoms with E-state index in [0.717, 1.165) is 4.90 Å². The molecule has 0 aromatic carbocycles. The van der Waals surface area contributed by atoms with Gasteiger partial charge in [-0.1, -0.05) is 12.2 Å². The van der Waals surface area contributed by atoms with Crippen molar-refractivity contribution in [1.29, 1.82) is 0 Å². The van der Waals surface area contributed by atoms with E-state index in [2.05, 4.69) is 15.6 Å². The average molecular weight is 453 g/mol. The number of halogens is 2. The monoisotopic (exact) mass is 453 g/mol. The van der Waals surface area contributed by atoms with Gasteiger partial charge in [-0.2, -0.15) is 8.78 Å². The van der Waals surface area contributed by atoms with Gasteiger partial charge in [0, 0.05) is 31.8 Å². The quantitative estimate of drug-likeness (QED) is 0.557. The Morgan fingerprint density at radius 2 is 2.19 bits per heavy atom. The molecule has 2 aliphatic heterocycles. The second kappa shape index (κ2) is 9.27. The van der Waals surface area contributed by atoms with E-state index in [1.807, 2.05) is 0 Å². The first-order valence-electron chi connectivity index (χ1n) is 10.4. The third-order valence-electron chi connectivity index (χ3n) is 5.71. The van der Waals surface area contributed by atoms with E-state index in [9.17, 15) is 23.5 Å². The second-order valence-electron chi connectivity index (χ2n) is 8.33. The van der Waals surface area contributed by atoms with Crippen molar-refractivity contribution >= 4 is 18.1 Å². The molecule has 0 spiro atoms. The molecule has 3 rings (SSSR count). The van der Waals surface area contributed by atoms with Crippen molar-refractivity contribution in [2.75, 3.05) is 27.3 Å². The Kier molecular flexibility index (Phi) is 6.87. The maximum atomic E-state index is 14.5. The van der Waals surface area contributed by atoms with E-state index in [1.54, 1.807) is 39.2 Å². The first-order valence-corrected chi connectivity index (χ1v) is 10.4. The predicted molar refractivity (Wildman–Crippen MR) is 113 cm³/mol. The van der Waals surface area contributed by atoms with Crippen molar-refractivity contribution in [2.24, 2.45) is 16.8 Å². The normalized spacial score (nSPS) is 27.5. The van der Waals surface area contributed by atoms with Gasteiger partial charge in [-0.15, -0.1) is 0 Å². The summed E-state index contributed by atoms with van der Waals surface area (Å²) in [4.78, 5) is 30.5. The number of rotatable bonds is 6. The van der Waals surface area contributed by atoms with Crippen molar-refractivity contribution in [3.63, 3.8) is 0 Å².